The molecule has 24 heavy (non-hydrogen) atoms. The highest BCUT2D eigenvalue weighted by Gasteiger charge is 2.14. The minimum atomic E-state index is -0.400. The first-order chi connectivity index (χ1) is 11.5. The van der Waals surface area contributed by atoms with Crippen LogP contribution in [0.3, 0.4) is 0 Å². The summed E-state index contributed by atoms with van der Waals surface area (Å²) >= 11 is 0. The van der Waals surface area contributed by atoms with E-state index in [2.05, 4.69) is 0 Å². The van der Waals surface area contributed by atoms with Crippen LogP contribution in [-0.4, -0.2) is 18.3 Å². The summed E-state index contributed by atoms with van der Waals surface area (Å²) < 4.78 is 5.79. The number of hydrogen-bond acceptors (Lipinski definition) is 3. The van der Waals surface area contributed by atoms with Gasteiger partial charge in [-0.05, 0) is 18.6 Å². The van der Waals surface area contributed by atoms with Gasteiger partial charge in [0.05, 0.1) is 17.6 Å². The predicted molar refractivity (Wildman–Crippen MR) is 92.5 cm³/mol. The molecule has 0 unspecified atom stereocenters. The van der Waals surface area contributed by atoms with Crippen molar-refractivity contribution in [1.82, 2.24) is 18.3 Å². The number of para-hydroxylation sites is 2. The molecule has 0 spiro atoms. The maximum absolute atomic E-state index is 12.8. The van der Waals surface area contributed by atoms with Crippen LogP contribution in [0.1, 0.15) is 19.0 Å². The second-order valence-electron chi connectivity index (χ2n) is 5.88. The fourth-order valence-electron chi connectivity index (χ4n) is 2.96. The van der Waals surface area contributed by atoms with Gasteiger partial charge in [0.2, 0.25) is 0 Å². The molecule has 7 nitrogen and oxygen atoms in total. The van der Waals surface area contributed by atoms with Crippen molar-refractivity contribution < 1.29 is 0 Å². The highest BCUT2D eigenvalue weighted by Crippen LogP contribution is 2.14. The lowest BCUT2D eigenvalue weighted by atomic mass is 10.3. The molecule has 0 N–H and O–H groups in total. The molecular weight excluding hydrogens is 308 g/mol. The lowest BCUT2D eigenvalue weighted by Gasteiger charge is -2.10. The molecule has 0 atom stereocenters. The van der Waals surface area contributed by atoms with Crippen LogP contribution in [0.5, 0.6) is 0 Å². The molecule has 0 bridgehead atoms. The maximum atomic E-state index is 12.8. The first-order valence-electron chi connectivity index (χ1n) is 7.89. The Morgan fingerprint density at radius 1 is 0.875 bits per heavy atom. The first kappa shape index (κ1) is 16.0. The van der Waals surface area contributed by atoms with Gasteiger partial charge >= 0.3 is 11.4 Å². The number of aryl methyl sites for hydroxylation is 1. The van der Waals surface area contributed by atoms with Crippen molar-refractivity contribution in [2.45, 2.75) is 26.4 Å². The molecule has 3 rings (SSSR count). The molecule has 3 aromatic rings. The van der Waals surface area contributed by atoms with Gasteiger partial charge in [-0.15, -0.1) is 0 Å². The summed E-state index contributed by atoms with van der Waals surface area (Å²) in [6, 6.07) is 8.96. The lowest BCUT2D eigenvalue weighted by molar-refractivity contribution is 0.601. The van der Waals surface area contributed by atoms with Crippen LogP contribution >= 0.6 is 0 Å². The van der Waals surface area contributed by atoms with E-state index in [0.717, 1.165) is 22.0 Å². The Labute approximate surface area is 138 Å². The SMILES string of the molecule is CCCn1c(=O)n(Cc2cc(=O)n(C)c(=O)n2C)c2ccccc21. The lowest BCUT2D eigenvalue weighted by Crippen LogP contribution is -2.39. The largest absolute Gasteiger partial charge is 0.330 e. The van der Waals surface area contributed by atoms with Crippen molar-refractivity contribution in [1.29, 1.82) is 0 Å². The molecule has 1 aromatic carbocycles. The highest BCUT2D eigenvalue weighted by molar-refractivity contribution is 5.76. The summed E-state index contributed by atoms with van der Waals surface area (Å²) in [6.07, 6.45) is 0.846. The molecule has 0 amide bonds. The molecule has 0 aliphatic carbocycles. The predicted octanol–water partition coefficient (Wildman–Crippen LogP) is 0.659. The van der Waals surface area contributed by atoms with Crippen molar-refractivity contribution in [2.75, 3.05) is 0 Å². The van der Waals surface area contributed by atoms with Crippen molar-refractivity contribution in [3.05, 3.63) is 67.3 Å². The second kappa shape index (κ2) is 5.99. The van der Waals surface area contributed by atoms with Crippen LogP contribution in [0.4, 0.5) is 0 Å². The highest BCUT2D eigenvalue weighted by atomic mass is 16.2. The van der Waals surface area contributed by atoms with Crippen molar-refractivity contribution >= 4 is 11.0 Å². The zero-order valence-electron chi connectivity index (χ0n) is 14.0. The summed E-state index contributed by atoms with van der Waals surface area (Å²) in [4.78, 5) is 36.8. The number of hydrogen-bond donors (Lipinski definition) is 0. The number of imidazole rings is 1. The second-order valence-corrected chi connectivity index (χ2v) is 5.88. The molecular formula is C17H20N4O3. The molecule has 0 radical (unpaired) electrons. The van der Waals surface area contributed by atoms with Gasteiger partial charge in [0.25, 0.3) is 5.56 Å². The van der Waals surface area contributed by atoms with E-state index < -0.39 is 5.69 Å². The van der Waals surface area contributed by atoms with E-state index in [9.17, 15) is 14.4 Å². The Kier molecular flexibility index (Phi) is 4.01. The van der Waals surface area contributed by atoms with E-state index in [1.165, 1.54) is 17.7 Å². The van der Waals surface area contributed by atoms with Gasteiger partial charge in [0.15, 0.2) is 0 Å². The van der Waals surface area contributed by atoms with E-state index >= 15 is 0 Å². The van der Waals surface area contributed by atoms with Gasteiger partial charge in [0, 0.05) is 32.4 Å². The van der Waals surface area contributed by atoms with E-state index in [1.54, 1.807) is 16.2 Å². The minimum absolute atomic E-state index is 0.133. The molecule has 0 saturated carbocycles. The van der Waals surface area contributed by atoms with Crippen LogP contribution in [-0.2, 0) is 27.2 Å². The van der Waals surface area contributed by atoms with Gasteiger partial charge < -0.3 is 0 Å². The Hall–Kier alpha value is -2.83. The molecule has 2 heterocycles. The van der Waals surface area contributed by atoms with E-state index in [0.29, 0.717) is 12.2 Å². The van der Waals surface area contributed by atoms with Gasteiger partial charge in [-0.2, -0.15) is 0 Å². The number of nitrogens with zero attached hydrogens (tertiary/aromatic N) is 4. The van der Waals surface area contributed by atoms with Crippen molar-refractivity contribution in [3.63, 3.8) is 0 Å². The van der Waals surface area contributed by atoms with Crippen LogP contribution in [0.2, 0.25) is 0 Å². The van der Waals surface area contributed by atoms with Crippen LogP contribution < -0.4 is 16.9 Å². The average molecular weight is 328 g/mol. The average Bonchev–Trinajstić information content (AvgIpc) is 2.84. The summed E-state index contributed by atoms with van der Waals surface area (Å²) in [5.41, 5.74) is 1.25. The zero-order chi connectivity index (χ0) is 17.4. The van der Waals surface area contributed by atoms with Crippen molar-refractivity contribution in [2.24, 2.45) is 14.1 Å². The molecule has 2 aromatic heterocycles. The van der Waals surface area contributed by atoms with E-state index in [1.807, 2.05) is 31.2 Å². The Balaban J connectivity index is 2.22. The molecule has 0 aliphatic heterocycles. The molecule has 0 fully saturated rings. The Bertz CT molecular complexity index is 1080. The molecule has 0 aliphatic rings. The fraction of sp³-hybridized carbons (Fsp3) is 0.353. The Morgan fingerprint density at radius 2 is 1.50 bits per heavy atom. The maximum Gasteiger partial charge on any atom is 0.330 e. The number of fused-ring (bicyclic) bond motifs is 1. The van der Waals surface area contributed by atoms with Gasteiger partial charge in [-0.25, -0.2) is 9.59 Å². The topological polar surface area (TPSA) is 70.9 Å². The van der Waals surface area contributed by atoms with Crippen LogP contribution in [0.15, 0.2) is 44.7 Å². The summed E-state index contributed by atoms with van der Waals surface area (Å²) in [6.45, 7) is 2.82. The third kappa shape index (κ3) is 2.42. The quantitative estimate of drug-likeness (QED) is 0.706. The zero-order valence-corrected chi connectivity index (χ0v) is 14.0. The third-order valence-corrected chi connectivity index (χ3v) is 4.32. The van der Waals surface area contributed by atoms with Gasteiger partial charge in [0.1, 0.15) is 0 Å². The molecule has 126 valence electrons. The number of aromatic nitrogens is 4. The van der Waals surface area contributed by atoms with E-state index in [-0.39, 0.29) is 17.8 Å². The normalized spacial score (nSPS) is 11.3. The van der Waals surface area contributed by atoms with Crippen molar-refractivity contribution in [3.8, 4) is 0 Å². The van der Waals surface area contributed by atoms with Crippen LogP contribution in [0, 0.1) is 0 Å². The standard InChI is InChI=1S/C17H20N4O3/c1-4-9-20-13-7-5-6-8-14(13)21(17(20)24)11-12-10-15(22)19(3)16(23)18(12)2/h5-8,10H,4,9,11H2,1-3H3. The monoisotopic (exact) mass is 328 g/mol. The summed E-state index contributed by atoms with van der Waals surface area (Å²) in [5.74, 6) is 0. The van der Waals surface area contributed by atoms with Gasteiger partial charge in [-0.1, -0.05) is 19.1 Å². The number of rotatable bonds is 4. The molecule has 7 heteroatoms. The fourth-order valence-corrected chi connectivity index (χ4v) is 2.96. The number of benzene rings is 1. The van der Waals surface area contributed by atoms with Crippen LogP contribution in [0.25, 0.3) is 11.0 Å². The smallest absolute Gasteiger partial charge is 0.299 e. The summed E-state index contributed by atoms with van der Waals surface area (Å²) in [5, 5.41) is 0. The summed E-state index contributed by atoms with van der Waals surface area (Å²) in [7, 11) is 3.04. The van der Waals surface area contributed by atoms with Gasteiger partial charge in [-0.3, -0.25) is 23.1 Å². The molecule has 0 saturated heterocycles. The Morgan fingerprint density at radius 3 is 2.12 bits per heavy atom. The van der Waals surface area contributed by atoms with E-state index in [4.69, 9.17) is 0 Å². The minimum Gasteiger partial charge on any atom is -0.299 e. The third-order valence-electron chi connectivity index (χ3n) is 4.32. The first-order valence-corrected chi connectivity index (χ1v) is 7.89.